The van der Waals surface area contributed by atoms with Crippen LogP contribution in [0.2, 0.25) is 0 Å². The van der Waals surface area contributed by atoms with Gasteiger partial charge in [0.1, 0.15) is 5.82 Å². The van der Waals surface area contributed by atoms with Gasteiger partial charge in [0.25, 0.3) is 0 Å². The van der Waals surface area contributed by atoms with Crippen LogP contribution in [0.15, 0.2) is 0 Å². The Kier molecular flexibility index (Phi) is 5.58. The third-order valence-corrected chi connectivity index (χ3v) is 5.25. The van der Waals surface area contributed by atoms with Crippen molar-refractivity contribution < 1.29 is 9.59 Å². The number of hydrogen-bond acceptors (Lipinski definition) is 4. The van der Waals surface area contributed by atoms with E-state index in [-0.39, 0.29) is 23.8 Å². The standard InChI is InChI=1S/C20H30N4O2/c1-12(2)21-18(25)10-17-13(3)22-19(23-14(17)4)16-6-5-9-24(11-16)20(26)15-7-8-15/h12,15-16H,5-11H2,1-4H3,(H,21,25)/t16-/m0/s1. The maximum absolute atomic E-state index is 12.4. The van der Waals surface area contributed by atoms with Gasteiger partial charge in [-0.1, -0.05) is 0 Å². The van der Waals surface area contributed by atoms with Gasteiger partial charge in [0.15, 0.2) is 0 Å². The summed E-state index contributed by atoms with van der Waals surface area (Å²) in [6.07, 6.45) is 4.42. The molecule has 1 N–H and O–H groups in total. The summed E-state index contributed by atoms with van der Waals surface area (Å²) in [7, 11) is 0. The smallest absolute Gasteiger partial charge is 0.225 e. The number of carbonyl (C=O) groups excluding carboxylic acids is 2. The summed E-state index contributed by atoms with van der Waals surface area (Å²) >= 11 is 0. The Labute approximate surface area is 155 Å². The number of amides is 2. The van der Waals surface area contributed by atoms with Crippen molar-refractivity contribution in [2.75, 3.05) is 13.1 Å². The van der Waals surface area contributed by atoms with E-state index in [2.05, 4.69) is 5.32 Å². The fraction of sp³-hybridized carbons (Fsp3) is 0.700. The predicted octanol–water partition coefficient (Wildman–Crippen LogP) is 2.28. The molecule has 0 bridgehead atoms. The van der Waals surface area contributed by atoms with Gasteiger partial charge in [-0.25, -0.2) is 9.97 Å². The lowest BCUT2D eigenvalue weighted by Crippen LogP contribution is -2.40. The summed E-state index contributed by atoms with van der Waals surface area (Å²) in [6.45, 7) is 9.39. The summed E-state index contributed by atoms with van der Waals surface area (Å²) in [4.78, 5) is 35.9. The Morgan fingerprint density at radius 1 is 1.15 bits per heavy atom. The molecule has 1 atom stereocenters. The number of aromatic nitrogens is 2. The van der Waals surface area contributed by atoms with Crippen LogP contribution in [0.5, 0.6) is 0 Å². The second-order valence-electron chi connectivity index (χ2n) is 8.03. The van der Waals surface area contributed by atoms with Crippen molar-refractivity contribution in [1.29, 1.82) is 0 Å². The number of carbonyl (C=O) groups is 2. The molecular weight excluding hydrogens is 328 g/mol. The first kappa shape index (κ1) is 18.8. The molecule has 26 heavy (non-hydrogen) atoms. The minimum atomic E-state index is 0.00132. The van der Waals surface area contributed by atoms with Crippen LogP contribution in [0, 0.1) is 19.8 Å². The first-order valence-corrected chi connectivity index (χ1v) is 9.77. The Morgan fingerprint density at radius 3 is 2.38 bits per heavy atom. The zero-order chi connectivity index (χ0) is 18.8. The number of likely N-dealkylation sites (tertiary alicyclic amines) is 1. The lowest BCUT2D eigenvalue weighted by atomic mass is 9.96. The van der Waals surface area contributed by atoms with Crippen molar-refractivity contribution in [2.45, 2.75) is 71.8 Å². The van der Waals surface area contributed by atoms with Crippen molar-refractivity contribution in [1.82, 2.24) is 20.2 Å². The molecule has 6 heteroatoms. The van der Waals surface area contributed by atoms with Gasteiger partial charge in [0.05, 0.1) is 6.42 Å². The zero-order valence-electron chi connectivity index (χ0n) is 16.3. The molecule has 3 rings (SSSR count). The van der Waals surface area contributed by atoms with Gasteiger partial charge in [-0.3, -0.25) is 9.59 Å². The maximum atomic E-state index is 12.4. The van der Waals surface area contributed by atoms with E-state index < -0.39 is 0 Å². The van der Waals surface area contributed by atoms with Crippen molar-refractivity contribution in [3.8, 4) is 0 Å². The molecule has 0 radical (unpaired) electrons. The van der Waals surface area contributed by atoms with E-state index in [9.17, 15) is 9.59 Å². The monoisotopic (exact) mass is 358 g/mol. The number of piperidine rings is 1. The molecule has 0 unspecified atom stereocenters. The van der Waals surface area contributed by atoms with E-state index in [1.54, 1.807) is 0 Å². The third-order valence-electron chi connectivity index (χ3n) is 5.25. The number of rotatable bonds is 5. The Balaban J connectivity index is 1.72. The molecule has 1 saturated heterocycles. The van der Waals surface area contributed by atoms with Gasteiger partial charge in [0.2, 0.25) is 11.8 Å². The summed E-state index contributed by atoms with van der Waals surface area (Å²) < 4.78 is 0. The number of nitrogens with one attached hydrogen (secondary N) is 1. The molecule has 1 aromatic heterocycles. The van der Waals surface area contributed by atoms with Crippen molar-refractivity contribution in [3.05, 3.63) is 22.8 Å². The van der Waals surface area contributed by atoms with Gasteiger partial charge in [-0.2, -0.15) is 0 Å². The van der Waals surface area contributed by atoms with Gasteiger partial charge in [-0.15, -0.1) is 0 Å². The predicted molar refractivity (Wildman–Crippen MR) is 99.8 cm³/mol. The van der Waals surface area contributed by atoms with Crippen molar-refractivity contribution >= 4 is 11.8 Å². The third kappa shape index (κ3) is 4.40. The van der Waals surface area contributed by atoms with Crippen molar-refractivity contribution in [3.63, 3.8) is 0 Å². The highest BCUT2D eigenvalue weighted by Gasteiger charge is 2.36. The summed E-state index contributed by atoms with van der Waals surface area (Å²) in [5, 5.41) is 2.92. The van der Waals surface area contributed by atoms with E-state index in [4.69, 9.17) is 9.97 Å². The molecule has 2 fully saturated rings. The Bertz CT molecular complexity index is 674. The van der Waals surface area contributed by atoms with E-state index in [0.29, 0.717) is 12.3 Å². The lowest BCUT2D eigenvalue weighted by Gasteiger charge is -2.32. The molecule has 0 aromatic carbocycles. The summed E-state index contributed by atoms with van der Waals surface area (Å²) in [6, 6.07) is 0.125. The van der Waals surface area contributed by atoms with Gasteiger partial charge >= 0.3 is 0 Å². The molecule has 6 nitrogen and oxygen atoms in total. The fourth-order valence-corrected chi connectivity index (χ4v) is 3.71. The second kappa shape index (κ2) is 7.72. The first-order valence-electron chi connectivity index (χ1n) is 9.77. The summed E-state index contributed by atoms with van der Waals surface area (Å²) in [5.41, 5.74) is 2.66. The molecule has 2 heterocycles. The topological polar surface area (TPSA) is 75.2 Å². The quantitative estimate of drug-likeness (QED) is 0.876. The molecule has 1 saturated carbocycles. The fourth-order valence-electron chi connectivity index (χ4n) is 3.71. The summed E-state index contributed by atoms with van der Waals surface area (Å²) in [5.74, 6) is 1.59. The molecule has 142 valence electrons. The van der Waals surface area contributed by atoms with Crippen LogP contribution in [0.4, 0.5) is 0 Å². The Morgan fingerprint density at radius 2 is 1.81 bits per heavy atom. The highest BCUT2D eigenvalue weighted by atomic mass is 16.2. The molecular formula is C20H30N4O2. The van der Waals surface area contributed by atoms with E-state index in [1.165, 1.54) is 0 Å². The van der Waals surface area contributed by atoms with Crippen molar-refractivity contribution in [2.24, 2.45) is 5.92 Å². The molecule has 1 aliphatic heterocycles. The van der Waals surface area contributed by atoms with Crippen LogP contribution in [0.25, 0.3) is 0 Å². The largest absolute Gasteiger partial charge is 0.354 e. The highest BCUT2D eigenvalue weighted by Crippen LogP contribution is 2.34. The lowest BCUT2D eigenvalue weighted by molar-refractivity contribution is -0.133. The van der Waals surface area contributed by atoms with Gasteiger partial charge in [-0.05, 0) is 53.4 Å². The normalized spacial score (nSPS) is 20.3. The van der Waals surface area contributed by atoms with E-state index in [0.717, 1.165) is 61.5 Å². The molecule has 0 spiro atoms. The SMILES string of the molecule is Cc1nc([C@H]2CCCN(C(=O)C3CC3)C2)nc(C)c1CC(=O)NC(C)C. The molecule has 1 aliphatic carbocycles. The minimum Gasteiger partial charge on any atom is -0.354 e. The number of nitrogens with zero attached hydrogens (tertiary/aromatic N) is 3. The highest BCUT2D eigenvalue weighted by molar-refractivity contribution is 5.81. The molecule has 2 amide bonds. The zero-order valence-corrected chi connectivity index (χ0v) is 16.3. The first-order chi connectivity index (χ1) is 12.3. The molecule has 1 aromatic rings. The molecule has 2 aliphatic rings. The van der Waals surface area contributed by atoms with E-state index in [1.807, 2.05) is 32.6 Å². The van der Waals surface area contributed by atoms with Crippen LogP contribution in [0.1, 0.15) is 68.2 Å². The second-order valence-corrected chi connectivity index (χ2v) is 8.03. The van der Waals surface area contributed by atoms with E-state index >= 15 is 0 Å². The van der Waals surface area contributed by atoms with Crippen LogP contribution in [0.3, 0.4) is 0 Å². The van der Waals surface area contributed by atoms with Gasteiger partial charge in [0, 0.05) is 47.9 Å². The number of aryl methyl sites for hydroxylation is 2. The Hall–Kier alpha value is -1.98. The van der Waals surface area contributed by atoms with Gasteiger partial charge < -0.3 is 10.2 Å². The van der Waals surface area contributed by atoms with Crippen LogP contribution < -0.4 is 5.32 Å². The van der Waals surface area contributed by atoms with Crippen LogP contribution in [-0.2, 0) is 16.0 Å². The maximum Gasteiger partial charge on any atom is 0.225 e. The average molecular weight is 358 g/mol. The van der Waals surface area contributed by atoms with Crippen LogP contribution in [-0.4, -0.2) is 45.8 Å². The minimum absolute atomic E-state index is 0.00132. The average Bonchev–Trinajstić information content (AvgIpc) is 3.42. The van der Waals surface area contributed by atoms with Crippen LogP contribution >= 0.6 is 0 Å². The number of hydrogen-bond donors (Lipinski definition) is 1.